The van der Waals surface area contributed by atoms with Gasteiger partial charge in [0.15, 0.2) is 0 Å². The lowest BCUT2D eigenvalue weighted by atomic mass is 9.81. The molecule has 0 spiro atoms. The lowest BCUT2D eigenvalue weighted by Gasteiger charge is -2.30. The van der Waals surface area contributed by atoms with E-state index in [1.165, 1.54) is 0 Å². The molecule has 0 saturated carbocycles. The number of rotatable bonds is 5. The van der Waals surface area contributed by atoms with Gasteiger partial charge in [-0.05, 0) is 41.5 Å². The van der Waals surface area contributed by atoms with Gasteiger partial charge in [-0.2, -0.15) is 5.10 Å². The number of nitrogens with two attached hydrogens (primary N) is 1. The maximum atomic E-state index is 11.9. The highest BCUT2D eigenvalue weighted by molar-refractivity contribution is 5.67. The summed E-state index contributed by atoms with van der Waals surface area (Å²) in [6.45, 7) is 15.3. The third-order valence-corrected chi connectivity index (χ3v) is 3.76. The van der Waals surface area contributed by atoms with Gasteiger partial charge in [0.2, 0.25) is 0 Å². The zero-order valence-electron chi connectivity index (χ0n) is 14.9. The van der Waals surface area contributed by atoms with E-state index < -0.39 is 11.7 Å². The van der Waals surface area contributed by atoms with Gasteiger partial charge in [0, 0.05) is 36.3 Å². The van der Waals surface area contributed by atoms with Crippen molar-refractivity contribution in [3.63, 3.8) is 0 Å². The minimum atomic E-state index is -0.512. The number of hydrogen-bond donors (Lipinski definition) is 2. The third kappa shape index (κ3) is 4.22. The Hall–Kier alpha value is -1.56. The summed E-state index contributed by atoms with van der Waals surface area (Å²) < 4.78 is 7.25. The van der Waals surface area contributed by atoms with Crippen LogP contribution in [0.2, 0.25) is 0 Å². The first-order valence-electron chi connectivity index (χ1n) is 7.75. The third-order valence-electron chi connectivity index (χ3n) is 3.76. The number of hydrogen-bond acceptors (Lipinski definition) is 4. The quantitative estimate of drug-likeness (QED) is 0.874. The van der Waals surface area contributed by atoms with Crippen LogP contribution in [0, 0.1) is 13.8 Å². The lowest BCUT2D eigenvalue weighted by Crippen LogP contribution is -2.45. The molecule has 0 aliphatic rings. The fraction of sp³-hybridized carbons (Fsp3) is 0.750. The Bertz CT molecular complexity index is 531. The molecule has 1 atom stereocenters. The number of nitrogens with one attached hydrogen (secondary N) is 1. The predicted molar refractivity (Wildman–Crippen MR) is 88.0 cm³/mol. The van der Waals surface area contributed by atoms with Crippen molar-refractivity contribution in [2.45, 2.75) is 66.0 Å². The molecular formula is C16H30N4O2. The van der Waals surface area contributed by atoms with Crippen LogP contribution >= 0.6 is 0 Å². The SMILES string of the molecule is CCn1nc(C)c(C(C)(CN)CNC(=O)OC(C)(C)C)c1C. The minimum Gasteiger partial charge on any atom is -0.444 e. The first-order valence-corrected chi connectivity index (χ1v) is 7.75. The molecule has 0 saturated heterocycles. The fourth-order valence-corrected chi connectivity index (χ4v) is 2.72. The van der Waals surface area contributed by atoms with Crippen molar-refractivity contribution in [3.8, 4) is 0 Å². The molecule has 0 aromatic carbocycles. The van der Waals surface area contributed by atoms with E-state index in [9.17, 15) is 4.79 Å². The zero-order valence-corrected chi connectivity index (χ0v) is 14.9. The summed E-state index contributed by atoms with van der Waals surface area (Å²) in [4.78, 5) is 11.9. The number of amides is 1. The Morgan fingerprint density at radius 3 is 2.32 bits per heavy atom. The molecule has 3 N–H and O–H groups in total. The highest BCUT2D eigenvalue weighted by Gasteiger charge is 2.32. The van der Waals surface area contributed by atoms with E-state index in [4.69, 9.17) is 10.5 Å². The summed E-state index contributed by atoms with van der Waals surface area (Å²) in [6, 6.07) is 0. The molecule has 126 valence electrons. The van der Waals surface area contributed by atoms with Crippen LogP contribution < -0.4 is 11.1 Å². The first kappa shape index (κ1) is 18.5. The van der Waals surface area contributed by atoms with Crippen molar-refractivity contribution in [2.24, 2.45) is 5.73 Å². The molecule has 0 fully saturated rings. The lowest BCUT2D eigenvalue weighted by molar-refractivity contribution is 0.0516. The van der Waals surface area contributed by atoms with Crippen molar-refractivity contribution in [1.29, 1.82) is 0 Å². The van der Waals surface area contributed by atoms with Gasteiger partial charge >= 0.3 is 6.09 Å². The standard InChI is InChI=1S/C16H30N4O2/c1-8-20-12(3)13(11(2)19-20)16(7,9-17)10-18-14(21)22-15(4,5)6/h8-10,17H2,1-7H3,(H,18,21). The number of ether oxygens (including phenoxy) is 1. The molecule has 1 rings (SSSR count). The number of carbonyl (C=O) groups excluding carboxylic acids is 1. The normalized spacial score (nSPS) is 14.5. The molecule has 0 aliphatic carbocycles. The van der Waals surface area contributed by atoms with Gasteiger partial charge in [-0.15, -0.1) is 0 Å². The summed E-state index contributed by atoms with van der Waals surface area (Å²) in [5.74, 6) is 0. The van der Waals surface area contributed by atoms with E-state index in [1.807, 2.05) is 46.2 Å². The molecule has 22 heavy (non-hydrogen) atoms. The Morgan fingerprint density at radius 2 is 1.91 bits per heavy atom. The molecule has 0 radical (unpaired) electrons. The minimum absolute atomic E-state index is 0.376. The van der Waals surface area contributed by atoms with Crippen molar-refractivity contribution in [2.75, 3.05) is 13.1 Å². The Morgan fingerprint density at radius 1 is 1.32 bits per heavy atom. The second-order valence-electron chi connectivity index (χ2n) is 6.98. The summed E-state index contributed by atoms with van der Waals surface area (Å²) in [5, 5.41) is 7.38. The Kier molecular flexibility index (Phi) is 5.62. The number of aryl methyl sites for hydroxylation is 2. The van der Waals surface area contributed by atoms with E-state index in [2.05, 4.69) is 17.3 Å². The number of carbonyl (C=O) groups is 1. The summed E-state index contributed by atoms with van der Waals surface area (Å²) in [7, 11) is 0. The zero-order chi connectivity index (χ0) is 17.1. The Labute approximate surface area is 133 Å². The molecule has 1 amide bonds. The molecular weight excluding hydrogens is 280 g/mol. The van der Waals surface area contributed by atoms with Crippen LogP contribution in [0.5, 0.6) is 0 Å². The van der Waals surface area contributed by atoms with E-state index in [0.717, 1.165) is 23.5 Å². The van der Waals surface area contributed by atoms with Crippen LogP contribution in [0.25, 0.3) is 0 Å². The van der Waals surface area contributed by atoms with Gasteiger partial charge in [-0.1, -0.05) is 6.92 Å². The predicted octanol–water partition coefficient (Wildman–Crippen LogP) is 2.26. The monoisotopic (exact) mass is 310 g/mol. The highest BCUT2D eigenvalue weighted by Crippen LogP contribution is 2.28. The van der Waals surface area contributed by atoms with Crippen LogP contribution in [-0.4, -0.2) is 34.6 Å². The second-order valence-corrected chi connectivity index (χ2v) is 6.98. The van der Waals surface area contributed by atoms with E-state index >= 15 is 0 Å². The van der Waals surface area contributed by atoms with Gasteiger partial charge in [0.05, 0.1) is 5.69 Å². The number of aromatic nitrogens is 2. The summed E-state index contributed by atoms with van der Waals surface area (Å²) in [6.07, 6.45) is -0.426. The molecule has 0 bridgehead atoms. The molecule has 1 unspecified atom stereocenters. The molecule has 1 aromatic rings. The van der Waals surface area contributed by atoms with E-state index in [1.54, 1.807) is 0 Å². The topological polar surface area (TPSA) is 82.2 Å². The molecule has 6 nitrogen and oxygen atoms in total. The van der Waals surface area contributed by atoms with Crippen LogP contribution in [0.1, 0.15) is 51.6 Å². The van der Waals surface area contributed by atoms with Gasteiger partial charge in [0.1, 0.15) is 5.60 Å². The number of alkyl carbamates (subject to hydrolysis) is 1. The van der Waals surface area contributed by atoms with Gasteiger partial charge in [0.25, 0.3) is 0 Å². The fourth-order valence-electron chi connectivity index (χ4n) is 2.72. The van der Waals surface area contributed by atoms with Crippen molar-refractivity contribution >= 4 is 6.09 Å². The summed E-state index contributed by atoms with van der Waals surface area (Å²) in [5.41, 5.74) is 8.28. The van der Waals surface area contributed by atoms with Crippen LogP contribution in [0.3, 0.4) is 0 Å². The van der Waals surface area contributed by atoms with E-state index in [-0.39, 0.29) is 5.41 Å². The molecule has 1 heterocycles. The van der Waals surface area contributed by atoms with Crippen molar-refractivity contribution in [3.05, 3.63) is 17.0 Å². The highest BCUT2D eigenvalue weighted by atomic mass is 16.6. The van der Waals surface area contributed by atoms with Crippen LogP contribution in [0.15, 0.2) is 0 Å². The first-order chi connectivity index (χ1) is 10.0. The smallest absolute Gasteiger partial charge is 0.407 e. The molecule has 1 aromatic heterocycles. The maximum absolute atomic E-state index is 11.9. The van der Waals surface area contributed by atoms with Crippen molar-refractivity contribution < 1.29 is 9.53 Å². The largest absolute Gasteiger partial charge is 0.444 e. The molecule has 0 aliphatic heterocycles. The van der Waals surface area contributed by atoms with Crippen LogP contribution in [-0.2, 0) is 16.7 Å². The molecule has 6 heteroatoms. The van der Waals surface area contributed by atoms with Crippen LogP contribution in [0.4, 0.5) is 4.79 Å². The van der Waals surface area contributed by atoms with E-state index in [0.29, 0.717) is 13.1 Å². The van der Waals surface area contributed by atoms with Gasteiger partial charge in [-0.25, -0.2) is 4.79 Å². The number of nitrogens with zero attached hydrogens (tertiary/aromatic N) is 2. The van der Waals surface area contributed by atoms with Gasteiger partial charge in [-0.3, -0.25) is 4.68 Å². The second kappa shape index (κ2) is 6.69. The maximum Gasteiger partial charge on any atom is 0.407 e. The average Bonchev–Trinajstić information content (AvgIpc) is 2.69. The Balaban J connectivity index is 2.94. The van der Waals surface area contributed by atoms with Gasteiger partial charge < -0.3 is 15.8 Å². The van der Waals surface area contributed by atoms with Crippen molar-refractivity contribution in [1.82, 2.24) is 15.1 Å². The average molecular weight is 310 g/mol. The summed E-state index contributed by atoms with van der Waals surface area (Å²) >= 11 is 0.